The van der Waals surface area contributed by atoms with Crippen molar-refractivity contribution in [3.05, 3.63) is 64.0 Å². The molecule has 1 heterocycles. The molecular weight excluding hydrogens is 392 g/mol. The number of carbonyl (C=O) groups is 2. The molecule has 0 unspecified atom stereocenters. The fourth-order valence-electron chi connectivity index (χ4n) is 2.27. The molecule has 2 N–H and O–H groups in total. The number of ether oxygens (including phenoxy) is 1. The van der Waals surface area contributed by atoms with E-state index in [1.807, 2.05) is 0 Å². The van der Waals surface area contributed by atoms with E-state index in [4.69, 9.17) is 34.3 Å². The van der Waals surface area contributed by atoms with Crippen LogP contribution in [0.25, 0.3) is 6.08 Å². The van der Waals surface area contributed by atoms with Crippen LogP contribution in [-0.4, -0.2) is 22.7 Å². The minimum absolute atomic E-state index is 0.183. The number of primary amides is 1. The molecule has 26 heavy (non-hydrogen) atoms. The van der Waals surface area contributed by atoms with Gasteiger partial charge in [0.25, 0.3) is 11.8 Å². The molecule has 1 aliphatic rings. The Labute approximate surface area is 164 Å². The van der Waals surface area contributed by atoms with Crippen LogP contribution in [0.5, 0.6) is 5.75 Å². The Morgan fingerprint density at radius 3 is 2.65 bits per heavy atom. The molecule has 0 spiro atoms. The quantitative estimate of drug-likeness (QED) is 0.608. The number of thiocarbonyl (C=S) groups is 1. The lowest BCUT2D eigenvalue weighted by Gasteiger charge is -2.14. The summed E-state index contributed by atoms with van der Waals surface area (Å²) < 4.78 is 5.66. The molecule has 0 saturated carbocycles. The van der Waals surface area contributed by atoms with E-state index in [1.165, 1.54) is 16.7 Å². The molecule has 0 radical (unpaired) electrons. The van der Waals surface area contributed by atoms with Crippen LogP contribution >= 0.6 is 35.6 Å². The van der Waals surface area contributed by atoms with Crippen molar-refractivity contribution in [3.8, 4) is 5.75 Å². The molecule has 5 nitrogen and oxygen atoms in total. The van der Waals surface area contributed by atoms with Crippen molar-refractivity contribution in [2.75, 3.05) is 11.5 Å². The van der Waals surface area contributed by atoms with Gasteiger partial charge in [0, 0.05) is 5.02 Å². The summed E-state index contributed by atoms with van der Waals surface area (Å²) in [5.41, 5.74) is 6.48. The van der Waals surface area contributed by atoms with Gasteiger partial charge in [-0.2, -0.15) is 0 Å². The van der Waals surface area contributed by atoms with E-state index in [1.54, 1.807) is 54.6 Å². The molecule has 2 aromatic rings. The summed E-state index contributed by atoms with van der Waals surface area (Å²) in [6.45, 7) is -0.183. The molecule has 1 aliphatic heterocycles. The Bertz CT molecular complexity index is 913. The van der Waals surface area contributed by atoms with E-state index in [9.17, 15) is 9.59 Å². The highest BCUT2D eigenvalue weighted by atomic mass is 35.5. The lowest BCUT2D eigenvalue weighted by atomic mass is 10.2. The summed E-state index contributed by atoms with van der Waals surface area (Å²) >= 11 is 12.6. The van der Waals surface area contributed by atoms with Gasteiger partial charge in [-0.1, -0.05) is 53.8 Å². The largest absolute Gasteiger partial charge is 0.484 e. The first-order valence-electron chi connectivity index (χ1n) is 7.49. The molecule has 1 fully saturated rings. The van der Waals surface area contributed by atoms with Gasteiger partial charge in [0.15, 0.2) is 10.9 Å². The fourth-order valence-corrected chi connectivity index (χ4v) is 3.76. The number of nitrogens with two attached hydrogens (primary N) is 1. The van der Waals surface area contributed by atoms with Gasteiger partial charge in [-0.05, 0) is 42.0 Å². The summed E-state index contributed by atoms with van der Waals surface area (Å²) in [5, 5.41) is 0.534. The molecule has 1 saturated heterocycles. The average Bonchev–Trinajstić information content (AvgIpc) is 2.88. The van der Waals surface area contributed by atoms with Crippen LogP contribution in [-0.2, 0) is 9.59 Å². The Balaban J connectivity index is 1.78. The number of benzene rings is 2. The first kappa shape index (κ1) is 18.4. The van der Waals surface area contributed by atoms with Crippen LogP contribution in [0.3, 0.4) is 0 Å². The van der Waals surface area contributed by atoms with Crippen molar-refractivity contribution < 1.29 is 14.3 Å². The normalized spacial score (nSPS) is 15.6. The number of hydrogen-bond acceptors (Lipinski definition) is 5. The molecule has 0 aliphatic carbocycles. The molecule has 2 aromatic carbocycles. The molecule has 0 aromatic heterocycles. The van der Waals surface area contributed by atoms with Gasteiger partial charge >= 0.3 is 0 Å². The third-order valence-corrected chi connectivity index (χ3v) is 4.96. The topological polar surface area (TPSA) is 72.6 Å². The third-order valence-electron chi connectivity index (χ3n) is 3.42. The second-order valence-electron chi connectivity index (χ2n) is 5.32. The summed E-state index contributed by atoms with van der Waals surface area (Å²) in [6.07, 6.45) is 1.75. The summed E-state index contributed by atoms with van der Waals surface area (Å²) in [5.74, 6) is -0.220. The second-order valence-corrected chi connectivity index (χ2v) is 7.43. The smallest absolute Gasteiger partial charge is 0.270 e. The molecule has 0 bridgehead atoms. The maximum Gasteiger partial charge on any atom is 0.270 e. The van der Waals surface area contributed by atoms with Crippen LogP contribution in [0.1, 0.15) is 5.56 Å². The van der Waals surface area contributed by atoms with Gasteiger partial charge in [-0.15, -0.1) is 0 Å². The van der Waals surface area contributed by atoms with Gasteiger partial charge in [0.2, 0.25) is 0 Å². The van der Waals surface area contributed by atoms with E-state index in [-0.39, 0.29) is 12.5 Å². The Morgan fingerprint density at radius 1 is 1.27 bits per heavy atom. The SMILES string of the molecule is NC(=O)COc1ccc(C=C2SC(=S)N(c3cccc(Cl)c3)C2=O)cc1. The summed E-state index contributed by atoms with van der Waals surface area (Å²) in [7, 11) is 0. The predicted octanol–water partition coefficient (Wildman–Crippen LogP) is 3.61. The third kappa shape index (κ3) is 4.24. The number of halogens is 1. The molecular formula is C18H13ClN2O3S2. The van der Waals surface area contributed by atoms with Crippen molar-refractivity contribution >= 4 is 63.5 Å². The van der Waals surface area contributed by atoms with Crippen molar-refractivity contribution in [1.82, 2.24) is 0 Å². The van der Waals surface area contributed by atoms with Gasteiger partial charge in [0.1, 0.15) is 5.75 Å². The molecule has 132 valence electrons. The zero-order chi connectivity index (χ0) is 18.7. The minimum Gasteiger partial charge on any atom is -0.484 e. The van der Waals surface area contributed by atoms with Crippen LogP contribution in [0.4, 0.5) is 5.69 Å². The number of amides is 2. The summed E-state index contributed by atoms with van der Waals surface area (Å²) in [4.78, 5) is 25.4. The molecule has 0 atom stereocenters. The van der Waals surface area contributed by atoms with Gasteiger partial charge in [-0.25, -0.2) is 0 Å². The highest BCUT2D eigenvalue weighted by molar-refractivity contribution is 8.27. The maximum atomic E-state index is 12.7. The predicted molar refractivity (Wildman–Crippen MR) is 108 cm³/mol. The number of thioether (sulfide) groups is 1. The minimum atomic E-state index is -0.543. The highest BCUT2D eigenvalue weighted by Gasteiger charge is 2.33. The first-order chi connectivity index (χ1) is 12.4. The van der Waals surface area contributed by atoms with Crippen molar-refractivity contribution in [1.29, 1.82) is 0 Å². The zero-order valence-corrected chi connectivity index (χ0v) is 15.7. The van der Waals surface area contributed by atoms with E-state index in [0.29, 0.717) is 25.7 Å². The maximum absolute atomic E-state index is 12.7. The van der Waals surface area contributed by atoms with Crippen molar-refractivity contribution in [2.24, 2.45) is 5.73 Å². The number of anilines is 1. The molecule has 2 amide bonds. The Morgan fingerprint density at radius 2 is 2.00 bits per heavy atom. The van der Waals surface area contributed by atoms with Crippen LogP contribution < -0.4 is 15.4 Å². The monoisotopic (exact) mass is 404 g/mol. The summed E-state index contributed by atoms with van der Waals surface area (Å²) in [6, 6.07) is 13.9. The van der Waals surface area contributed by atoms with E-state index >= 15 is 0 Å². The number of rotatable bonds is 5. The zero-order valence-electron chi connectivity index (χ0n) is 13.3. The van der Waals surface area contributed by atoms with Gasteiger partial charge < -0.3 is 10.5 Å². The van der Waals surface area contributed by atoms with E-state index in [2.05, 4.69) is 0 Å². The van der Waals surface area contributed by atoms with Crippen molar-refractivity contribution in [2.45, 2.75) is 0 Å². The van der Waals surface area contributed by atoms with E-state index in [0.717, 1.165) is 5.56 Å². The van der Waals surface area contributed by atoms with E-state index < -0.39 is 5.91 Å². The molecule has 8 heteroatoms. The second kappa shape index (κ2) is 7.90. The fraction of sp³-hybridized carbons (Fsp3) is 0.0556. The Hall–Kier alpha value is -2.35. The van der Waals surface area contributed by atoms with Gasteiger partial charge in [0.05, 0.1) is 10.6 Å². The standard InChI is InChI=1S/C18H13ClN2O3S2/c19-12-2-1-3-13(9-12)21-17(23)15(26-18(21)25)8-11-4-6-14(7-5-11)24-10-16(20)22/h1-9H,10H2,(H2,20,22). The average molecular weight is 405 g/mol. The lowest BCUT2D eigenvalue weighted by Crippen LogP contribution is -2.27. The molecule has 3 rings (SSSR count). The van der Waals surface area contributed by atoms with Crippen LogP contribution in [0, 0.1) is 0 Å². The van der Waals surface area contributed by atoms with Gasteiger partial charge in [-0.3, -0.25) is 14.5 Å². The Kier molecular flexibility index (Phi) is 5.61. The van der Waals surface area contributed by atoms with Crippen molar-refractivity contribution in [3.63, 3.8) is 0 Å². The lowest BCUT2D eigenvalue weighted by molar-refractivity contribution is -0.120. The first-order valence-corrected chi connectivity index (χ1v) is 9.09. The highest BCUT2D eigenvalue weighted by Crippen LogP contribution is 2.36. The van der Waals surface area contributed by atoms with Crippen LogP contribution in [0.15, 0.2) is 53.4 Å². The number of nitrogens with zero attached hydrogens (tertiary/aromatic N) is 1. The number of hydrogen-bond donors (Lipinski definition) is 1. The van der Waals surface area contributed by atoms with Crippen LogP contribution in [0.2, 0.25) is 5.02 Å². The number of carbonyl (C=O) groups excluding carboxylic acids is 2.